The molecular weight excluding hydrogens is 233 g/mol. The van der Waals surface area contributed by atoms with Gasteiger partial charge in [-0.15, -0.1) is 0 Å². The summed E-state index contributed by atoms with van der Waals surface area (Å²) in [6.07, 6.45) is 3.41. The zero-order chi connectivity index (χ0) is 12.8. The summed E-state index contributed by atoms with van der Waals surface area (Å²) in [6.45, 7) is 0.490. The Kier molecular flexibility index (Phi) is 4.05. The summed E-state index contributed by atoms with van der Waals surface area (Å²) >= 11 is 0. The Morgan fingerprint density at radius 3 is 3.00 bits per heavy atom. The highest BCUT2D eigenvalue weighted by Gasteiger charge is 2.03. The van der Waals surface area contributed by atoms with E-state index in [1.54, 1.807) is 17.1 Å². The highest BCUT2D eigenvalue weighted by Crippen LogP contribution is 2.11. The summed E-state index contributed by atoms with van der Waals surface area (Å²) in [5, 5.41) is 12.7. The SMILES string of the molecule is OCCC#Cc1cc(F)ccc1Cn1cncn1. The molecule has 1 aromatic carbocycles. The molecule has 0 atom stereocenters. The lowest BCUT2D eigenvalue weighted by Gasteiger charge is -2.04. The van der Waals surface area contributed by atoms with Gasteiger partial charge in [-0.2, -0.15) is 5.10 Å². The summed E-state index contributed by atoms with van der Waals surface area (Å²) in [6, 6.07) is 4.46. The molecule has 5 heteroatoms. The molecule has 92 valence electrons. The van der Waals surface area contributed by atoms with Gasteiger partial charge in [-0.25, -0.2) is 14.1 Å². The standard InChI is InChI=1S/C13H12FN3O/c14-13-5-4-12(8-17-10-15-9-16-17)11(7-13)3-1-2-6-18/h4-5,7,9-10,18H,2,6,8H2. The zero-order valence-corrected chi connectivity index (χ0v) is 9.67. The van der Waals surface area contributed by atoms with E-state index in [1.165, 1.54) is 18.5 Å². The van der Waals surface area contributed by atoms with Crippen molar-refractivity contribution in [3.05, 3.63) is 47.8 Å². The molecule has 2 aromatic rings. The van der Waals surface area contributed by atoms with Crippen LogP contribution in [0, 0.1) is 17.7 Å². The first-order valence-electron chi connectivity index (χ1n) is 5.50. The van der Waals surface area contributed by atoms with E-state index < -0.39 is 0 Å². The Morgan fingerprint density at radius 2 is 2.28 bits per heavy atom. The predicted molar refractivity (Wildman–Crippen MR) is 64.1 cm³/mol. The third kappa shape index (κ3) is 3.15. The molecule has 0 aliphatic heterocycles. The second kappa shape index (κ2) is 5.94. The highest BCUT2D eigenvalue weighted by atomic mass is 19.1. The van der Waals surface area contributed by atoms with E-state index >= 15 is 0 Å². The molecule has 0 saturated heterocycles. The first kappa shape index (κ1) is 12.3. The number of rotatable bonds is 3. The van der Waals surface area contributed by atoms with E-state index in [0.717, 1.165) is 5.56 Å². The maximum absolute atomic E-state index is 13.2. The number of hydrogen-bond donors (Lipinski definition) is 1. The number of halogens is 1. The van der Waals surface area contributed by atoms with Gasteiger partial charge in [0.05, 0.1) is 13.2 Å². The Bertz CT molecular complexity index is 570. The molecule has 0 aliphatic carbocycles. The molecule has 1 heterocycles. The molecule has 1 aromatic heterocycles. The molecule has 18 heavy (non-hydrogen) atoms. The number of benzene rings is 1. The Balaban J connectivity index is 2.26. The van der Waals surface area contributed by atoms with Gasteiger partial charge in [-0.05, 0) is 17.7 Å². The van der Waals surface area contributed by atoms with Gasteiger partial charge in [0.1, 0.15) is 18.5 Å². The summed E-state index contributed by atoms with van der Waals surface area (Å²) in [5.41, 5.74) is 1.48. The van der Waals surface area contributed by atoms with Crippen LogP contribution in [0.2, 0.25) is 0 Å². The molecule has 4 nitrogen and oxygen atoms in total. The second-order valence-corrected chi connectivity index (χ2v) is 3.67. The highest BCUT2D eigenvalue weighted by molar-refractivity contribution is 5.41. The average Bonchev–Trinajstić information content (AvgIpc) is 2.86. The molecular formula is C13H12FN3O. The third-order valence-corrected chi connectivity index (χ3v) is 2.33. The van der Waals surface area contributed by atoms with Crippen LogP contribution in [-0.2, 0) is 6.54 Å². The monoisotopic (exact) mass is 245 g/mol. The molecule has 0 spiro atoms. The molecule has 0 unspecified atom stereocenters. The number of hydrogen-bond acceptors (Lipinski definition) is 3. The fourth-order valence-corrected chi connectivity index (χ4v) is 1.51. The van der Waals surface area contributed by atoms with E-state index in [1.807, 2.05) is 0 Å². The van der Waals surface area contributed by atoms with Gasteiger partial charge in [0.15, 0.2) is 0 Å². The first-order valence-corrected chi connectivity index (χ1v) is 5.50. The Morgan fingerprint density at radius 1 is 1.39 bits per heavy atom. The van der Waals surface area contributed by atoms with Gasteiger partial charge in [-0.3, -0.25) is 0 Å². The van der Waals surface area contributed by atoms with Gasteiger partial charge < -0.3 is 5.11 Å². The summed E-state index contributed by atoms with van der Waals surface area (Å²) < 4.78 is 14.8. The van der Waals surface area contributed by atoms with Crippen molar-refractivity contribution < 1.29 is 9.50 Å². The van der Waals surface area contributed by atoms with Crippen molar-refractivity contribution in [1.29, 1.82) is 0 Å². The van der Waals surface area contributed by atoms with E-state index in [2.05, 4.69) is 21.9 Å². The van der Waals surface area contributed by atoms with Gasteiger partial charge in [-0.1, -0.05) is 17.9 Å². The van der Waals surface area contributed by atoms with Gasteiger partial charge in [0.2, 0.25) is 0 Å². The van der Waals surface area contributed by atoms with E-state index in [9.17, 15) is 4.39 Å². The zero-order valence-electron chi connectivity index (χ0n) is 9.67. The van der Waals surface area contributed by atoms with Crippen LogP contribution < -0.4 is 0 Å². The largest absolute Gasteiger partial charge is 0.395 e. The molecule has 0 saturated carbocycles. The van der Waals surface area contributed by atoms with Crippen LogP contribution in [0.5, 0.6) is 0 Å². The lowest BCUT2D eigenvalue weighted by atomic mass is 10.1. The van der Waals surface area contributed by atoms with Crippen molar-refractivity contribution in [2.24, 2.45) is 0 Å². The van der Waals surface area contributed by atoms with Crippen molar-refractivity contribution >= 4 is 0 Å². The summed E-state index contributed by atoms with van der Waals surface area (Å²) in [4.78, 5) is 3.85. The van der Waals surface area contributed by atoms with Crippen molar-refractivity contribution in [3.63, 3.8) is 0 Å². The maximum Gasteiger partial charge on any atom is 0.137 e. The Hall–Kier alpha value is -2.19. The van der Waals surface area contributed by atoms with Crippen molar-refractivity contribution in [2.75, 3.05) is 6.61 Å². The minimum absolute atomic E-state index is 0.000719. The van der Waals surface area contributed by atoms with Gasteiger partial charge in [0.25, 0.3) is 0 Å². The van der Waals surface area contributed by atoms with E-state index in [-0.39, 0.29) is 12.4 Å². The van der Waals surface area contributed by atoms with Crippen LogP contribution in [0.1, 0.15) is 17.5 Å². The van der Waals surface area contributed by atoms with Crippen LogP contribution >= 0.6 is 0 Å². The molecule has 1 N–H and O–H groups in total. The third-order valence-electron chi connectivity index (χ3n) is 2.33. The summed E-state index contributed by atoms with van der Waals surface area (Å²) in [7, 11) is 0. The fourth-order valence-electron chi connectivity index (χ4n) is 1.51. The molecule has 0 radical (unpaired) electrons. The Labute approximate surface area is 104 Å². The van der Waals surface area contributed by atoms with Crippen LogP contribution in [0.15, 0.2) is 30.9 Å². The van der Waals surface area contributed by atoms with Crippen LogP contribution in [0.25, 0.3) is 0 Å². The van der Waals surface area contributed by atoms with Crippen LogP contribution in [0.3, 0.4) is 0 Å². The smallest absolute Gasteiger partial charge is 0.137 e. The van der Waals surface area contributed by atoms with Gasteiger partial charge >= 0.3 is 0 Å². The number of aliphatic hydroxyl groups excluding tert-OH is 1. The lowest BCUT2D eigenvalue weighted by molar-refractivity contribution is 0.305. The second-order valence-electron chi connectivity index (χ2n) is 3.67. The molecule has 0 bridgehead atoms. The average molecular weight is 245 g/mol. The number of aromatic nitrogens is 3. The minimum atomic E-state index is -0.328. The lowest BCUT2D eigenvalue weighted by Crippen LogP contribution is -2.02. The first-order chi connectivity index (χ1) is 8.79. The fraction of sp³-hybridized carbons (Fsp3) is 0.231. The molecule has 0 amide bonds. The minimum Gasteiger partial charge on any atom is -0.395 e. The topological polar surface area (TPSA) is 50.9 Å². The number of aliphatic hydroxyl groups is 1. The maximum atomic E-state index is 13.2. The van der Waals surface area contributed by atoms with Gasteiger partial charge in [0, 0.05) is 12.0 Å². The van der Waals surface area contributed by atoms with Crippen LogP contribution in [0.4, 0.5) is 4.39 Å². The quantitative estimate of drug-likeness (QED) is 0.827. The number of nitrogens with zero attached hydrogens (tertiary/aromatic N) is 3. The molecule has 2 rings (SSSR count). The van der Waals surface area contributed by atoms with Crippen molar-refractivity contribution in [2.45, 2.75) is 13.0 Å². The van der Waals surface area contributed by atoms with E-state index in [0.29, 0.717) is 18.5 Å². The van der Waals surface area contributed by atoms with E-state index in [4.69, 9.17) is 5.11 Å². The van der Waals surface area contributed by atoms with Crippen molar-refractivity contribution in [3.8, 4) is 11.8 Å². The molecule has 0 aliphatic rings. The summed E-state index contributed by atoms with van der Waals surface area (Å²) in [5.74, 6) is 5.31. The predicted octanol–water partition coefficient (Wildman–Crippen LogP) is 1.20. The van der Waals surface area contributed by atoms with Crippen LogP contribution in [-0.4, -0.2) is 26.5 Å². The normalized spacial score (nSPS) is 9.89. The van der Waals surface area contributed by atoms with Crippen molar-refractivity contribution in [1.82, 2.24) is 14.8 Å². The molecule has 0 fully saturated rings.